The molecule has 0 saturated heterocycles. The second kappa shape index (κ2) is 4.18. The zero-order valence-electron chi connectivity index (χ0n) is 8.61. The van der Waals surface area contributed by atoms with Crippen LogP contribution in [0.15, 0.2) is 39.9 Å². The van der Waals surface area contributed by atoms with E-state index >= 15 is 0 Å². The molecular weight excluding hydrogens is 267 g/mol. The van der Waals surface area contributed by atoms with Gasteiger partial charge in [-0.05, 0) is 0 Å². The third-order valence-corrected chi connectivity index (χ3v) is 2.75. The molecule has 2 aromatic rings. The van der Waals surface area contributed by atoms with Crippen LogP contribution in [0.25, 0.3) is 11.3 Å². The number of nitrogens with zero attached hydrogens (tertiary/aromatic N) is 2. The first-order valence-corrected chi connectivity index (χ1v) is 5.92. The Hall–Kier alpha value is -2.29. The van der Waals surface area contributed by atoms with Crippen molar-refractivity contribution in [3.05, 3.63) is 40.4 Å². The third kappa shape index (κ3) is 2.35. The number of benzene rings is 1. The Bertz CT molecular complexity index is 709. The molecule has 0 N–H and O–H groups in total. The number of hydrogen-bond donors (Lipinski definition) is 0. The molecule has 18 heavy (non-hydrogen) atoms. The molecule has 7 nitrogen and oxygen atoms in total. The maximum absolute atomic E-state index is 12.6. The van der Waals surface area contributed by atoms with Gasteiger partial charge in [0.15, 0.2) is 0 Å². The highest BCUT2D eigenvalue weighted by Gasteiger charge is 2.20. The summed E-state index contributed by atoms with van der Waals surface area (Å²) >= 11 is 0. The predicted octanol–water partition coefficient (Wildman–Crippen LogP) is 1.91. The van der Waals surface area contributed by atoms with Gasteiger partial charge < -0.3 is 4.52 Å². The molecule has 94 valence electrons. The summed E-state index contributed by atoms with van der Waals surface area (Å²) in [5.74, 6) is 0. The van der Waals surface area contributed by atoms with Crippen molar-refractivity contribution < 1.29 is 21.7 Å². The molecular formula is C9H5FN2O5S. The van der Waals surface area contributed by atoms with Crippen molar-refractivity contribution in [2.45, 2.75) is 5.09 Å². The van der Waals surface area contributed by atoms with E-state index in [0.29, 0.717) is 0 Å². The van der Waals surface area contributed by atoms with Crippen LogP contribution in [-0.2, 0) is 10.2 Å². The minimum absolute atomic E-state index is 0.00470. The monoisotopic (exact) mass is 272 g/mol. The number of aromatic nitrogens is 1. The Morgan fingerprint density at radius 1 is 1.33 bits per heavy atom. The first-order chi connectivity index (χ1) is 8.38. The predicted molar refractivity (Wildman–Crippen MR) is 56.9 cm³/mol. The molecule has 0 unspecified atom stereocenters. The van der Waals surface area contributed by atoms with Crippen LogP contribution in [0.4, 0.5) is 9.57 Å². The van der Waals surface area contributed by atoms with Gasteiger partial charge in [0.1, 0.15) is 5.69 Å². The lowest BCUT2D eigenvalue weighted by molar-refractivity contribution is -0.384. The molecule has 0 atom stereocenters. The number of hydrogen-bond acceptors (Lipinski definition) is 6. The number of halogens is 1. The Labute approximate surface area is 100 Å². The van der Waals surface area contributed by atoms with Crippen LogP contribution < -0.4 is 0 Å². The second-order valence-corrected chi connectivity index (χ2v) is 4.55. The van der Waals surface area contributed by atoms with Gasteiger partial charge >= 0.3 is 10.2 Å². The van der Waals surface area contributed by atoms with E-state index in [1.807, 2.05) is 0 Å². The van der Waals surface area contributed by atoms with Gasteiger partial charge in [0.2, 0.25) is 0 Å². The van der Waals surface area contributed by atoms with Crippen molar-refractivity contribution in [3.8, 4) is 11.3 Å². The normalized spacial score (nSPS) is 11.4. The zero-order chi connectivity index (χ0) is 13.3. The molecule has 2 rings (SSSR count). The van der Waals surface area contributed by atoms with Crippen molar-refractivity contribution in [3.63, 3.8) is 0 Å². The molecule has 9 heteroatoms. The molecule has 0 aliphatic carbocycles. The van der Waals surface area contributed by atoms with E-state index in [2.05, 4.69) is 9.68 Å². The van der Waals surface area contributed by atoms with Gasteiger partial charge in [-0.3, -0.25) is 10.1 Å². The van der Waals surface area contributed by atoms with Crippen LogP contribution in [0, 0.1) is 10.1 Å². The Morgan fingerprint density at radius 2 is 2.06 bits per heavy atom. The van der Waals surface area contributed by atoms with E-state index in [1.54, 1.807) is 0 Å². The maximum Gasteiger partial charge on any atom is 0.368 e. The Morgan fingerprint density at radius 3 is 2.61 bits per heavy atom. The fraction of sp³-hybridized carbons (Fsp3) is 0. The van der Waals surface area contributed by atoms with Crippen LogP contribution in [0.3, 0.4) is 0 Å². The largest absolute Gasteiger partial charge is 0.368 e. The summed E-state index contributed by atoms with van der Waals surface area (Å²) in [6, 6.07) is 6.14. The highest BCUT2D eigenvalue weighted by molar-refractivity contribution is 7.86. The van der Waals surface area contributed by atoms with E-state index in [0.717, 1.165) is 6.07 Å². The summed E-state index contributed by atoms with van der Waals surface area (Å²) in [6.07, 6.45) is 0. The first kappa shape index (κ1) is 12.2. The van der Waals surface area contributed by atoms with Gasteiger partial charge in [-0.15, -0.1) is 0 Å². The van der Waals surface area contributed by atoms with Crippen molar-refractivity contribution in [2.75, 3.05) is 0 Å². The lowest BCUT2D eigenvalue weighted by Gasteiger charge is -1.94. The zero-order valence-corrected chi connectivity index (χ0v) is 9.43. The summed E-state index contributed by atoms with van der Waals surface area (Å²) in [5.41, 5.74) is 0.0536. The van der Waals surface area contributed by atoms with Gasteiger partial charge in [-0.25, -0.2) is 0 Å². The smallest absolute Gasteiger partial charge is 0.341 e. The Kier molecular flexibility index (Phi) is 2.83. The first-order valence-electron chi connectivity index (χ1n) is 4.54. The summed E-state index contributed by atoms with van der Waals surface area (Å²) in [4.78, 5) is 9.94. The minimum Gasteiger partial charge on any atom is -0.341 e. The minimum atomic E-state index is -4.98. The maximum atomic E-state index is 12.6. The summed E-state index contributed by atoms with van der Waals surface area (Å²) in [5, 5.41) is 13.0. The van der Waals surface area contributed by atoms with E-state index in [9.17, 15) is 22.4 Å². The van der Waals surface area contributed by atoms with Crippen molar-refractivity contribution >= 4 is 15.9 Å². The highest BCUT2D eigenvalue weighted by atomic mass is 32.3. The fourth-order valence-corrected chi connectivity index (χ4v) is 1.67. The molecule has 0 bridgehead atoms. The molecule has 0 amide bonds. The van der Waals surface area contributed by atoms with E-state index in [-0.39, 0.29) is 16.9 Å². The molecule has 1 aromatic heterocycles. The number of rotatable bonds is 3. The molecule has 0 aliphatic heterocycles. The van der Waals surface area contributed by atoms with E-state index in [1.165, 1.54) is 24.3 Å². The topological polar surface area (TPSA) is 103 Å². The molecule has 0 radical (unpaired) electrons. The van der Waals surface area contributed by atoms with Crippen LogP contribution in [0.5, 0.6) is 0 Å². The van der Waals surface area contributed by atoms with Gasteiger partial charge in [-0.1, -0.05) is 21.2 Å². The molecule has 0 aliphatic rings. The summed E-state index contributed by atoms with van der Waals surface area (Å²) < 4.78 is 38.0. The van der Waals surface area contributed by atoms with Crippen LogP contribution in [-0.4, -0.2) is 18.5 Å². The van der Waals surface area contributed by atoms with Crippen LogP contribution in [0.1, 0.15) is 0 Å². The molecule has 0 fully saturated rings. The Balaban J connectivity index is 2.46. The average Bonchev–Trinajstić information content (AvgIpc) is 2.78. The molecule has 0 saturated carbocycles. The van der Waals surface area contributed by atoms with E-state index < -0.39 is 20.2 Å². The molecule has 1 aromatic carbocycles. The highest BCUT2D eigenvalue weighted by Crippen LogP contribution is 2.25. The molecule has 1 heterocycles. The quantitative estimate of drug-likeness (QED) is 0.480. The summed E-state index contributed by atoms with van der Waals surface area (Å²) in [6.45, 7) is 0. The van der Waals surface area contributed by atoms with Gasteiger partial charge in [0.25, 0.3) is 10.8 Å². The van der Waals surface area contributed by atoms with Crippen LogP contribution in [0.2, 0.25) is 0 Å². The fourth-order valence-electron chi connectivity index (χ4n) is 1.29. The third-order valence-electron chi connectivity index (χ3n) is 2.08. The SMILES string of the molecule is O=[N+]([O-])c1cccc(-c2cc(S(=O)(=O)F)on2)c1. The number of nitro groups is 1. The number of nitro benzene ring substituents is 1. The summed E-state index contributed by atoms with van der Waals surface area (Å²) in [7, 11) is -4.98. The van der Waals surface area contributed by atoms with Gasteiger partial charge in [0, 0.05) is 23.8 Å². The number of non-ortho nitro benzene ring substituents is 1. The van der Waals surface area contributed by atoms with E-state index in [4.69, 9.17) is 0 Å². The van der Waals surface area contributed by atoms with Crippen LogP contribution >= 0.6 is 0 Å². The lowest BCUT2D eigenvalue weighted by Crippen LogP contribution is -1.88. The van der Waals surface area contributed by atoms with Crippen molar-refractivity contribution in [2.24, 2.45) is 0 Å². The standard InChI is InChI=1S/C9H5FN2O5S/c10-18(15,16)9-5-8(11-17-9)6-2-1-3-7(4-6)12(13)14/h1-5H. The lowest BCUT2D eigenvalue weighted by atomic mass is 10.1. The van der Waals surface area contributed by atoms with Crippen molar-refractivity contribution in [1.82, 2.24) is 5.16 Å². The second-order valence-electron chi connectivity index (χ2n) is 3.28. The molecule has 0 spiro atoms. The average molecular weight is 272 g/mol. The van der Waals surface area contributed by atoms with Gasteiger partial charge in [-0.2, -0.15) is 8.42 Å². The van der Waals surface area contributed by atoms with Crippen molar-refractivity contribution in [1.29, 1.82) is 0 Å². The van der Waals surface area contributed by atoms with Gasteiger partial charge in [0.05, 0.1) is 4.92 Å².